The fourth-order valence-corrected chi connectivity index (χ4v) is 5.03. The topological polar surface area (TPSA) is 43.4 Å². The van der Waals surface area contributed by atoms with Gasteiger partial charge in [0.15, 0.2) is 9.84 Å². The van der Waals surface area contributed by atoms with E-state index in [9.17, 15) is 21.6 Å². The molecule has 30 heavy (non-hydrogen) atoms. The predicted octanol–water partition coefficient (Wildman–Crippen LogP) is 6.10. The molecule has 7 heteroatoms. The molecule has 0 bridgehead atoms. The molecule has 0 radical (unpaired) electrons. The fourth-order valence-electron chi connectivity index (χ4n) is 4.39. The Morgan fingerprint density at radius 1 is 0.933 bits per heavy atom. The summed E-state index contributed by atoms with van der Waals surface area (Å²) in [6.45, 7) is 0. The predicted molar refractivity (Wildman–Crippen MR) is 109 cm³/mol. The second-order valence-electron chi connectivity index (χ2n) is 8.21. The lowest BCUT2D eigenvalue weighted by atomic mass is 9.80. The van der Waals surface area contributed by atoms with Gasteiger partial charge < -0.3 is 4.74 Å². The molecule has 1 aliphatic heterocycles. The van der Waals surface area contributed by atoms with Crippen molar-refractivity contribution in [2.24, 2.45) is 0 Å². The Kier molecular flexibility index (Phi) is 5.21. The largest absolute Gasteiger partial charge is 0.486 e. The minimum absolute atomic E-state index is 0.192. The first kappa shape index (κ1) is 21.0. The second kappa shape index (κ2) is 7.45. The van der Waals surface area contributed by atoms with Crippen LogP contribution in [0.1, 0.15) is 55.2 Å². The van der Waals surface area contributed by atoms with Gasteiger partial charge in [0, 0.05) is 23.8 Å². The summed E-state index contributed by atoms with van der Waals surface area (Å²) in [6, 6.07) is 11.7. The van der Waals surface area contributed by atoms with Gasteiger partial charge in [-0.2, -0.15) is 13.2 Å². The van der Waals surface area contributed by atoms with Gasteiger partial charge >= 0.3 is 6.18 Å². The van der Waals surface area contributed by atoms with Gasteiger partial charge in [0.25, 0.3) is 0 Å². The molecule has 0 atom stereocenters. The molecule has 0 saturated heterocycles. The number of hydrogen-bond acceptors (Lipinski definition) is 3. The molecular formula is C23H23F3O3S. The summed E-state index contributed by atoms with van der Waals surface area (Å²) in [5, 5.41) is 0. The minimum atomic E-state index is -4.42. The van der Waals surface area contributed by atoms with Crippen LogP contribution < -0.4 is 0 Å². The molecule has 1 saturated carbocycles. The summed E-state index contributed by atoms with van der Waals surface area (Å²) in [7, 11) is -3.34. The SMILES string of the molecule is CS(=O)(=O)c1ccc(C2=C(c3cccc(C(F)(F)F)c3)CC3(CCCCC3)O2)cc1. The van der Waals surface area contributed by atoms with E-state index in [4.69, 9.17) is 4.74 Å². The highest BCUT2D eigenvalue weighted by atomic mass is 32.2. The molecule has 0 unspecified atom stereocenters. The van der Waals surface area contributed by atoms with E-state index in [0.717, 1.165) is 50.0 Å². The van der Waals surface area contributed by atoms with Gasteiger partial charge in [-0.25, -0.2) is 8.42 Å². The van der Waals surface area contributed by atoms with Crippen molar-refractivity contribution in [3.05, 3.63) is 65.2 Å². The zero-order valence-electron chi connectivity index (χ0n) is 16.6. The third-order valence-electron chi connectivity index (χ3n) is 5.94. The van der Waals surface area contributed by atoms with Crippen LogP contribution in [0.25, 0.3) is 11.3 Å². The number of halogens is 3. The molecule has 0 amide bonds. The van der Waals surface area contributed by atoms with Crippen LogP contribution in [0.4, 0.5) is 13.2 Å². The van der Waals surface area contributed by atoms with Crippen molar-refractivity contribution in [1.82, 2.24) is 0 Å². The minimum Gasteiger partial charge on any atom is -0.486 e. The van der Waals surface area contributed by atoms with Crippen LogP contribution in [-0.2, 0) is 20.8 Å². The zero-order chi connectivity index (χ0) is 21.6. The first-order valence-corrected chi connectivity index (χ1v) is 11.9. The van der Waals surface area contributed by atoms with Crippen LogP contribution in [0.2, 0.25) is 0 Å². The lowest BCUT2D eigenvalue weighted by Crippen LogP contribution is -2.31. The van der Waals surface area contributed by atoms with Crippen LogP contribution in [0, 0.1) is 0 Å². The van der Waals surface area contributed by atoms with Gasteiger partial charge in [0.2, 0.25) is 0 Å². The zero-order valence-corrected chi connectivity index (χ0v) is 17.4. The van der Waals surface area contributed by atoms with Crippen molar-refractivity contribution in [2.45, 2.75) is 55.2 Å². The number of sulfone groups is 1. The molecular weight excluding hydrogens is 413 g/mol. The lowest BCUT2D eigenvalue weighted by Gasteiger charge is -2.33. The number of alkyl halides is 3. The summed E-state index contributed by atoms with van der Waals surface area (Å²) >= 11 is 0. The van der Waals surface area contributed by atoms with E-state index in [1.807, 2.05) is 0 Å². The van der Waals surface area contributed by atoms with Crippen molar-refractivity contribution >= 4 is 21.2 Å². The van der Waals surface area contributed by atoms with Crippen molar-refractivity contribution in [2.75, 3.05) is 6.26 Å². The second-order valence-corrected chi connectivity index (χ2v) is 10.2. The van der Waals surface area contributed by atoms with Crippen LogP contribution in [0.5, 0.6) is 0 Å². The Labute approximate surface area is 174 Å². The van der Waals surface area contributed by atoms with Gasteiger partial charge in [-0.1, -0.05) is 18.6 Å². The van der Waals surface area contributed by atoms with Crippen LogP contribution in [-0.4, -0.2) is 20.3 Å². The van der Waals surface area contributed by atoms with Gasteiger partial charge in [-0.15, -0.1) is 0 Å². The first-order chi connectivity index (χ1) is 14.1. The van der Waals surface area contributed by atoms with E-state index in [1.165, 1.54) is 24.3 Å². The summed E-state index contributed by atoms with van der Waals surface area (Å²) < 4.78 is 69.8. The molecule has 160 valence electrons. The van der Waals surface area contributed by atoms with Gasteiger partial charge in [-0.3, -0.25) is 0 Å². The maximum atomic E-state index is 13.3. The number of hydrogen-bond donors (Lipinski definition) is 0. The van der Waals surface area contributed by atoms with E-state index in [2.05, 4.69) is 0 Å². The Morgan fingerprint density at radius 2 is 1.60 bits per heavy atom. The third kappa shape index (κ3) is 4.13. The molecule has 2 aromatic carbocycles. The Morgan fingerprint density at radius 3 is 2.20 bits per heavy atom. The van der Waals surface area contributed by atoms with Crippen LogP contribution in [0.3, 0.4) is 0 Å². The Balaban J connectivity index is 1.80. The molecule has 2 aromatic rings. The number of benzene rings is 2. The molecule has 1 spiro atoms. The maximum Gasteiger partial charge on any atom is 0.416 e. The van der Waals surface area contributed by atoms with E-state index in [-0.39, 0.29) is 4.90 Å². The number of rotatable bonds is 3. The van der Waals surface area contributed by atoms with Crippen molar-refractivity contribution in [1.29, 1.82) is 0 Å². The molecule has 4 rings (SSSR count). The third-order valence-corrected chi connectivity index (χ3v) is 7.07. The highest BCUT2D eigenvalue weighted by Gasteiger charge is 2.42. The van der Waals surface area contributed by atoms with E-state index in [1.54, 1.807) is 18.2 Å². The monoisotopic (exact) mass is 436 g/mol. The highest BCUT2D eigenvalue weighted by molar-refractivity contribution is 7.90. The molecule has 0 N–H and O–H groups in total. The van der Waals surface area contributed by atoms with Gasteiger partial charge in [0.1, 0.15) is 11.4 Å². The van der Waals surface area contributed by atoms with Crippen molar-refractivity contribution < 1.29 is 26.3 Å². The van der Waals surface area contributed by atoms with Crippen molar-refractivity contribution in [3.63, 3.8) is 0 Å². The van der Waals surface area contributed by atoms with E-state index < -0.39 is 27.2 Å². The smallest absolute Gasteiger partial charge is 0.416 e. The quantitative estimate of drug-likeness (QED) is 0.584. The Hall–Kier alpha value is -2.28. The first-order valence-electron chi connectivity index (χ1n) is 9.98. The highest BCUT2D eigenvalue weighted by Crippen LogP contribution is 2.50. The molecule has 0 aromatic heterocycles. The van der Waals surface area contributed by atoms with Gasteiger partial charge in [-0.05, 0) is 67.6 Å². The van der Waals surface area contributed by atoms with Crippen molar-refractivity contribution in [3.8, 4) is 0 Å². The molecule has 1 fully saturated rings. The summed E-state index contributed by atoms with van der Waals surface area (Å²) in [5.74, 6) is 0.552. The van der Waals surface area contributed by atoms with Crippen LogP contribution >= 0.6 is 0 Å². The molecule has 1 aliphatic carbocycles. The van der Waals surface area contributed by atoms with E-state index >= 15 is 0 Å². The Bertz CT molecular complexity index is 1080. The van der Waals surface area contributed by atoms with Gasteiger partial charge in [0.05, 0.1) is 10.5 Å². The maximum absolute atomic E-state index is 13.3. The summed E-state index contributed by atoms with van der Waals surface area (Å²) in [4.78, 5) is 0.192. The van der Waals surface area contributed by atoms with E-state index in [0.29, 0.717) is 23.3 Å². The summed E-state index contributed by atoms with van der Waals surface area (Å²) in [5.41, 5.74) is 0.831. The normalized spacial score (nSPS) is 19.2. The molecule has 1 heterocycles. The standard InChI is InChI=1S/C23H23F3O3S/c1-30(27,28)19-10-8-16(9-11-19)21-20(15-22(29-21)12-3-2-4-13-22)17-6-5-7-18(14-17)23(24,25)26/h5-11,14H,2-4,12-13,15H2,1H3. The van der Waals surface area contributed by atoms with Crippen LogP contribution in [0.15, 0.2) is 53.4 Å². The molecule has 2 aliphatic rings. The number of ether oxygens (including phenoxy) is 1. The average molecular weight is 436 g/mol. The fraction of sp³-hybridized carbons (Fsp3) is 0.391. The molecule has 3 nitrogen and oxygen atoms in total. The lowest BCUT2D eigenvalue weighted by molar-refractivity contribution is -0.137. The average Bonchev–Trinajstić information content (AvgIpc) is 3.06. The summed E-state index contributed by atoms with van der Waals surface area (Å²) in [6.07, 6.45) is 2.17.